The minimum atomic E-state index is -0.224. The maximum absolute atomic E-state index is 12.3. The third kappa shape index (κ3) is 5.32. The van der Waals surface area contributed by atoms with E-state index in [4.69, 9.17) is 4.74 Å². The average molecular weight is 337 g/mol. The fourth-order valence-electron chi connectivity index (χ4n) is 2.53. The summed E-state index contributed by atoms with van der Waals surface area (Å²) in [4.78, 5) is 21.6. The van der Waals surface area contributed by atoms with Crippen LogP contribution in [0.5, 0.6) is 0 Å². The molecule has 0 N–H and O–H groups in total. The van der Waals surface area contributed by atoms with Gasteiger partial charge in [0.1, 0.15) is 0 Å². The van der Waals surface area contributed by atoms with Crippen molar-refractivity contribution in [3.05, 3.63) is 22.4 Å². The van der Waals surface area contributed by atoms with Gasteiger partial charge in [-0.15, -0.1) is 11.3 Å². The molecule has 0 radical (unpaired) electrons. The standard InChI is InChI=1S/C17H27N3O2S/c1-13(2)12-22-17(18-16(21)15-6-5-11-23-15)20(4)14-7-9-19(3)10-8-14/h5-6,11,13-14H,7-10,12H2,1-4H3. The molecule has 2 heterocycles. The molecule has 1 aromatic heterocycles. The number of hydrogen-bond acceptors (Lipinski definition) is 4. The van der Waals surface area contributed by atoms with E-state index in [-0.39, 0.29) is 5.91 Å². The Balaban J connectivity index is 2.10. The van der Waals surface area contributed by atoms with Gasteiger partial charge in [0.05, 0.1) is 11.5 Å². The van der Waals surface area contributed by atoms with Gasteiger partial charge in [0.2, 0.25) is 0 Å². The lowest BCUT2D eigenvalue weighted by molar-refractivity contribution is 0.0989. The van der Waals surface area contributed by atoms with E-state index >= 15 is 0 Å². The Bertz CT molecular complexity index is 520. The first-order chi connectivity index (χ1) is 11.0. The van der Waals surface area contributed by atoms with Gasteiger partial charge in [-0.3, -0.25) is 4.79 Å². The van der Waals surface area contributed by atoms with E-state index in [1.54, 1.807) is 6.07 Å². The minimum absolute atomic E-state index is 0.224. The molecule has 2 rings (SSSR count). The lowest BCUT2D eigenvalue weighted by Gasteiger charge is -2.36. The number of amides is 1. The van der Waals surface area contributed by atoms with Crippen LogP contribution in [0.3, 0.4) is 0 Å². The second-order valence-electron chi connectivity index (χ2n) is 6.53. The molecule has 1 aliphatic heterocycles. The minimum Gasteiger partial charge on any atom is -0.465 e. The highest BCUT2D eigenvalue weighted by atomic mass is 32.1. The summed E-state index contributed by atoms with van der Waals surface area (Å²) in [5.41, 5.74) is 0. The normalized spacial score (nSPS) is 17.5. The van der Waals surface area contributed by atoms with Crippen molar-refractivity contribution in [1.29, 1.82) is 0 Å². The molecule has 1 amide bonds. The summed E-state index contributed by atoms with van der Waals surface area (Å²) < 4.78 is 5.86. The Labute approximate surface area is 143 Å². The molecule has 0 aliphatic carbocycles. The van der Waals surface area contributed by atoms with Crippen LogP contribution in [0.2, 0.25) is 0 Å². The summed E-state index contributed by atoms with van der Waals surface area (Å²) in [5, 5.41) is 1.89. The van der Waals surface area contributed by atoms with E-state index < -0.39 is 0 Å². The zero-order valence-electron chi connectivity index (χ0n) is 14.5. The van der Waals surface area contributed by atoms with E-state index in [0.29, 0.717) is 29.5 Å². The summed E-state index contributed by atoms with van der Waals surface area (Å²) in [6, 6.07) is 4.48. The summed E-state index contributed by atoms with van der Waals surface area (Å²) in [6.45, 7) is 6.87. The molecule has 6 heteroatoms. The highest BCUT2D eigenvalue weighted by Crippen LogP contribution is 2.17. The van der Waals surface area contributed by atoms with Crippen molar-refractivity contribution in [1.82, 2.24) is 9.80 Å². The predicted octanol–water partition coefficient (Wildman–Crippen LogP) is 2.94. The van der Waals surface area contributed by atoms with Crippen molar-refractivity contribution < 1.29 is 9.53 Å². The molecule has 0 aromatic carbocycles. The van der Waals surface area contributed by atoms with Crippen molar-refractivity contribution in [2.45, 2.75) is 32.7 Å². The highest BCUT2D eigenvalue weighted by molar-refractivity contribution is 7.12. The Morgan fingerprint density at radius 1 is 1.48 bits per heavy atom. The molecular formula is C17H27N3O2S. The van der Waals surface area contributed by atoms with E-state index in [1.165, 1.54) is 11.3 Å². The van der Waals surface area contributed by atoms with Crippen LogP contribution in [0, 0.1) is 5.92 Å². The van der Waals surface area contributed by atoms with Gasteiger partial charge in [-0.2, -0.15) is 4.99 Å². The Morgan fingerprint density at radius 3 is 2.74 bits per heavy atom. The molecule has 23 heavy (non-hydrogen) atoms. The number of ether oxygens (including phenoxy) is 1. The maximum atomic E-state index is 12.3. The number of hydrogen-bond donors (Lipinski definition) is 0. The maximum Gasteiger partial charge on any atom is 0.295 e. The molecule has 0 unspecified atom stereocenters. The molecule has 0 spiro atoms. The smallest absolute Gasteiger partial charge is 0.295 e. The largest absolute Gasteiger partial charge is 0.465 e. The Morgan fingerprint density at radius 2 is 2.17 bits per heavy atom. The zero-order valence-corrected chi connectivity index (χ0v) is 15.3. The Kier molecular flexibility index (Phi) is 6.59. The van der Waals surface area contributed by atoms with Gasteiger partial charge in [0.15, 0.2) is 0 Å². The number of nitrogens with zero attached hydrogens (tertiary/aromatic N) is 3. The number of amidine groups is 1. The van der Waals surface area contributed by atoms with Crippen LogP contribution in [0.4, 0.5) is 0 Å². The fraction of sp³-hybridized carbons (Fsp3) is 0.647. The molecular weight excluding hydrogens is 310 g/mol. The van der Waals surface area contributed by atoms with Gasteiger partial charge >= 0.3 is 0 Å². The number of carbonyl (C=O) groups is 1. The van der Waals surface area contributed by atoms with Gasteiger partial charge in [-0.25, -0.2) is 0 Å². The van der Waals surface area contributed by atoms with Gasteiger partial charge in [-0.05, 0) is 50.3 Å². The topological polar surface area (TPSA) is 45.1 Å². The molecule has 1 aliphatic rings. The summed E-state index contributed by atoms with van der Waals surface area (Å²) in [7, 11) is 4.12. The third-order valence-corrected chi connectivity index (χ3v) is 4.87. The number of carbonyl (C=O) groups excluding carboxylic acids is 1. The lowest BCUT2D eigenvalue weighted by atomic mass is 10.0. The Hall–Kier alpha value is -1.40. The van der Waals surface area contributed by atoms with Gasteiger partial charge in [-0.1, -0.05) is 19.9 Å². The molecule has 1 fully saturated rings. The molecule has 5 nitrogen and oxygen atoms in total. The quantitative estimate of drug-likeness (QED) is 0.626. The van der Waals surface area contributed by atoms with E-state index in [9.17, 15) is 4.79 Å². The fourth-order valence-corrected chi connectivity index (χ4v) is 3.14. The molecule has 0 atom stereocenters. The van der Waals surface area contributed by atoms with Crippen molar-refractivity contribution in [3.8, 4) is 0 Å². The number of piperidine rings is 1. The number of thiophene rings is 1. The van der Waals surface area contributed by atoms with Crippen LogP contribution in [0.25, 0.3) is 0 Å². The zero-order chi connectivity index (χ0) is 16.8. The summed E-state index contributed by atoms with van der Waals surface area (Å²) >= 11 is 1.41. The van der Waals surface area contributed by atoms with E-state index in [1.807, 2.05) is 23.4 Å². The number of aliphatic imine (C=N–C) groups is 1. The van der Waals surface area contributed by atoms with Gasteiger partial charge in [0.25, 0.3) is 11.9 Å². The van der Waals surface area contributed by atoms with Gasteiger partial charge < -0.3 is 14.5 Å². The molecule has 128 valence electrons. The average Bonchev–Trinajstić information content (AvgIpc) is 3.05. The SMILES string of the molecule is CC(C)COC(=NC(=O)c1cccs1)N(C)C1CCN(C)CC1. The highest BCUT2D eigenvalue weighted by Gasteiger charge is 2.25. The van der Waals surface area contributed by atoms with Crippen LogP contribution >= 0.6 is 11.3 Å². The number of rotatable bonds is 4. The predicted molar refractivity (Wildman–Crippen MR) is 95.2 cm³/mol. The van der Waals surface area contributed by atoms with Crippen molar-refractivity contribution in [2.75, 3.05) is 33.8 Å². The monoisotopic (exact) mass is 337 g/mol. The first-order valence-corrected chi connectivity index (χ1v) is 9.06. The van der Waals surface area contributed by atoms with Crippen LogP contribution < -0.4 is 0 Å². The molecule has 0 saturated carbocycles. The second kappa shape index (κ2) is 8.45. The first-order valence-electron chi connectivity index (χ1n) is 8.18. The second-order valence-corrected chi connectivity index (χ2v) is 7.47. The molecule has 1 saturated heterocycles. The number of likely N-dealkylation sites (tertiary alicyclic amines) is 1. The lowest BCUT2D eigenvalue weighted by Crippen LogP contribution is -2.45. The summed E-state index contributed by atoms with van der Waals surface area (Å²) in [5.74, 6) is 0.168. The van der Waals surface area contributed by atoms with Crippen molar-refractivity contribution in [3.63, 3.8) is 0 Å². The van der Waals surface area contributed by atoms with Crippen LogP contribution in [-0.2, 0) is 4.74 Å². The van der Waals surface area contributed by atoms with Crippen molar-refractivity contribution in [2.24, 2.45) is 10.9 Å². The molecule has 0 bridgehead atoms. The van der Waals surface area contributed by atoms with Crippen LogP contribution in [-0.4, -0.2) is 61.6 Å². The van der Waals surface area contributed by atoms with Gasteiger partial charge in [0, 0.05) is 13.1 Å². The van der Waals surface area contributed by atoms with Crippen LogP contribution in [0.1, 0.15) is 36.4 Å². The van der Waals surface area contributed by atoms with E-state index in [0.717, 1.165) is 25.9 Å². The van der Waals surface area contributed by atoms with Crippen LogP contribution in [0.15, 0.2) is 22.5 Å². The molecule has 1 aromatic rings. The van der Waals surface area contributed by atoms with Crippen molar-refractivity contribution >= 4 is 23.3 Å². The van der Waals surface area contributed by atoms with E-state index in [2.05, 4.69) is 30.8 Å². The first kappa shape index (κ1) is 17.9. The third-order valence-electron chi connectivity index (χ3n) is 4.01. The summed E-state index contributed by atoms with van der Waals surface area (Å²) in [6.07, 6.45) is 2.12.